The molecular formula is C21H25ClN2O4. The molecule has 3 aliphatic rings. The fraction of sp³-hybridized carbons (Fsp3) is 0.571. The Morgan fingerprint density at radius 1 is 1.11 bits per heavy atom. The number of halogens is 1. The summed E-state index contributed by atoms with van der Waals surface area (Å²) in [6.45, 7) is -0.527. The van der Waals surface area contributed by atoms with Crippen LogP contribution in [0.4, 0.5) is 10.5 Å². The topological polar surface area (TPSA) is 77.9 Å². The van der Waals surface area contributed by atoms with Gasteiger partial charge in [-0.2, -0.15) is 0 Å². The number of rotatable bonds is 6. The average molecular weight is 405 g/mol. The first kappa shape index (κ1) is 19.4. The highest BCUT2D eigenvalue weighted by Crippen LogP contribution is 2.52. The molecule has 3 unspecified atom stereocenters. The van der Waals surface area contributed by atoms with Crippen molar-refractivity contribution in [2.24, 2.45) is 5.92 Å². The first-order valence-electron chi connectivity index (χ1n) is 10.0. The number of carbonyl (C=O) groups excluding carboxylic acids is 3. The molecule has 2 amide bonds. The lowest BCUT2D eigenvalue weighted by Gasteiger charge is -2.47. The zero-order valence-electron chi connectivity index (χ0n) is 15.7. The van der Waals surface area contributed by atoms with E-state index in [0.29, 0.717) is 0 Å². The number of amides is 2. The molecule has 4 rings (SSSR count). The maximum absolute atomic E-state index is 13.1. The first-order chi connectivity index (χ1) is 13.5. The summed E-state index contributed by atoms with van der Waals surface area (Å²) in [4.78, 5) is 40.6. The van der Waals surface area contributed by atoms with Crippen LogP contribution in [-0.2, 0) is 9.59 Å². The van der Waals surface area contributed by atoms with E-state index in [9.17, 15) is 14.4 Å². The van der Waals surface area contributed by atoms with Crippen molar-refractivity contribution in [2.45, 2.75) is 63.1 Å². The number of aliphatic hydroxyl groups is 1. The third kappa shape index (κ3) is 3.44. The van der Waals surface area contributed by atoms with Crippen LogP contribution in [0.1, 0.15) is 56.6 Å². The van der Waals surface area contributed by atoms with Crippen LogP contribution < -0.4 is 4.90 Å². The van der Waals surface area contributed by atoms with Crippen molar-refractivity contribution in [1.82, 2.24) is 4.90 Å². The fourth-order valence-electron chi connectivity index (χ4n) is 5.00. The van der Waals surface area contributed by atoms with Crippen LogP contribution in [0.15, 0.2) is 24.3 Å². The van der Waals surface area contributed by atoms with Gasteiger partial charge < -0.3 is 10.0 Å². The maximum atomic E-state index is 13.1. The number of anilines is 1. The lowest BCUT2D eigenvalue weighted by atomic mass is 9.81. The van der Waals surface area contributed by atoms with Gasteiger partial charge in [-0.3, -0.25) is 19.3 Å². The Morgan fingerprint density at radius 3 is 2.54 bits per heavy atom. The Bertz CT molecular complexity index is 794. The molecule has 0 bridgehead atoms. The van der Waals surface area contributed by atoms with Crippen molar-refractivity contribution in [1.29, 1.82) is 0 Å². The van der Waals surface area contributed by atoms with Crippen LogP contribution in [0.5, 0.6) is 0 Å². The third-order valence-electron chi connectivity index (χ3n) is 6.30. The third-order valence-corrected chi connectivity index (χ3v) is 6.48. The van der Waals surface area contributed by atoms with Crippen molar-refractivity contribution in [3.63, 3.8) is 0 Å². The highest BCUT2D eigenvalue weighted by Gasteiger charge is 2.51. The number of ketones is 1. The van der Waals surface area contributed by atoms with Crippen molar-refractivity contribution in [3.8, 4) is 0 Å². The molecule has 28 heavy (non-hydrogen) atoms. The van der Waals surface area contributed by atoms with E-state index < -0.39 is 12.0 Å². The second kappa shape index (κ2) is 7.84. The zero-order chi connectivity index (χ0) is 19.8. The number of benzene rings is 1. The first-order valence-corrected chi connectivity index (χ1v) is 10.4. The normalized spacial score (nSPS) is 25.8. The molecule has 2 fully saturated rings. The van der Waals surface area contributed by atoms with E-state index in [1.165, 1.54) is 0 Å². The van der Waals surface area contributed by atoms with Crippen molar-refractivity contribution in [3.05, 3.63) is 29.8 Å². The summed E-state index contributed by atoms with van der Waals surface area (Å²) >= 11 is 5.96. The van der Waals surface area contributed by atoms with E-state index in [0.717, 1.165) is 43.4 Å². The Hall–Kier alpha value is -1.92. The average Bonchev–Trinajstić information content (AvgIpc) is 3.41. The Kier molecular flexibility index (Phi) is 5.43. The van der Waals surface area contributed by atoms with Crippen LogP contribution in [0.2, 0.25) is 0 Å². The second-order valence-electron chi connectivity index (χ2n) is 8.02. The number of carbonyl (C=O) groups is 3. The molecule has 0 saturated heterocycles. The van der Waals surface area contributed by atoms with Gasteiger partial charge in [0.05, 0.1) is 11.7 Å². The van der Waals surface area contributed by atoms with Crippen LogP contribution in [0.25, 0.3) is 0 Å². The second-order valence-corrected chi connectivity index (χ2v) is 8.34. The van der Waals surface area contributed by atoms with Gasteiger partial charge in [-0.05, 0) is 48.9 Å². The van der Waals surface area contributed by atoms with E-state index in [-0.39, 0.29) is 48.6 Å². The summed E-state index contributed by atoms with van der Waals surface area (Å²) < 4.78 is 0. The van der Waals surface area contributed by atoms with Crippen molar-refractivity contribution < 1.29 is 19.5 Å². The minimum atomic E-state index is -0.527. The molecule has 0 spiro atoms. The number of nitrogens with zero attached hydrogens (tertiary/aromatic N) is 2. The van der Waals surface area contributed by atoms with E-state index >= 15 is 0 Å². The molecule has 1 aromatic rings. The highest BCUT2D eigenvalue weighted by molar-refractivity contribution is 6.66. The molecular weight excluding hydrogens is 380 g/mol. The Labute approximate surface area is 169 Å². The molecule has 2 aliphatic carbocycles. The number of Topliss-reactive ketones (excluding diaryl/α,β-unsaturated/α-hetero) is 1. The maximum Gasteiger partial charge on any atom is 0.321 e. The predicted molar refractivity (Wildman–Crippen MR) is 105 cm³/mol. The smallest absolute Gasteiger partial charge is 0.321 e. The van der Waals surface area contributed by atoms with Crippen LogP contribution >= 0.6 is 11.6 Å². The number of fused-ring (bicyclic) bond motifs is 2. The summed E-state index contributed by atoms with van der Waals surface area (Å²) in [7, 11) is 0. The standard InChI is InChI=1S/C21H25ClN2O4/c22-21(28)24-17-6-2-1-4-15(17)20(16-5-3-7-18(16)24)23(13-8-9-13)19(27)11-10-14(26)12-25/h1-2,4,6,13,16,18,20,25H,3,5,7-12H2. The van der Waals surface area contributed by atoms with Gasteiger partial charge in [0.1, 0.15) is 6.61 Å². The van der Waals surface area contributed by atoms with Crippen LogP contribution in [0.3, 0.4) is 0 Å². The molecule has 7 heteroatoms. The number of hydrogen-bond acceptors (Lipinski definition) is 4. The Balaban J connectivity index is 1.71. The van der Waals surface area contributed by atoms with Crippen LogP contribution in [0, 0.1) is 5.92 Å². The summed E-state index contributed by atoms with van der Waals surface area (Å²) in [6, 6.07) is 7.81. The lowest BCUT2D eigenvalue weighted by Crippen LogP contribution is -2.51. The molecule has 3 atom stereocenters. The van der Waals surface area contributed by atoms with Gasteiger partial charge in [0.25, 0.3) is 0 Å². The molecule has 0 aromatic heterocycles. The minimum Gasteiger partial charge on any atom is -0.389 e. The molecule has 1 N–H and O–H groups in total. The van der Waals surface area contributed by atoms with Crippen molar-refractivity contribution >= 4 is 34.3 Å². The summed E-state index contributed by atoms with van der Waals surface area (Å²) in [5.41, 5.74) is 1.76. The van der Waals surface area contributed by atoms with Crippen LogP contribution in [-0.4, -0.2) is 45.8 Å². The number of hydrogen-bond donors (Lipinski definition) is 1. The van der Waals surface area contributed by atoms with E-state index in [4.69, 9.17) is 16.7 Å². The van der Waals surface area contributed by atoms with Gasteiger partial charge in [0.15, 0.2) is 5.78 Å². The quantitative estimate of drug-likeness (QED) is 0.582. The van der Waals surface area contributed by atoms with Gasteiger partial charge in [-0.1, -0.05) is 24.6 Å². The van der Waals surface area contributed by atoms with E-state index in [1.54, 1.807) is 4.90 Å². The SMILES string of the molecule is O=C(CO)CCC(=O)N(C1CC1)C1c2ccccc2N(C(=O)Cl)C2CCCC21. The van der Waals surface area contributed by atoms with E-state index in [1.807, 2.05) is 29.2 Å². The minimum absolute atomic E-state index is 0.00183. The van der Waals surface area contributed by atoms with Gasteiger partial charge >= 0.3 is 5.37 Å². The largest absolute Gasteiger partial charge is 0.389 e. The van der Waals surface area contributed by atoms with Gasteiger partial charge in [-0.25, -0.2) is 0 Å². The lowest BCUT2D eigenvalue weighted by molar-refractivity contribution is -0.137. The zero-order valence-corrected chi connectivity index (χ0v) is 16.5. The molecule has 2 saturated carbocycles. The highest BCUT2D eigenvalue weighted by atomic mass is 35.5. The summed E-state index contributed by atoms with van der Waals surface area (Å²) in [6.07, 6.45) is 4.93. The molecule has 6 nitrogen and oxygen atoms in total. The van der Waals surface area contributed by atoms with Gasteiger partial charge in [0, 0.05) is 30.8 Å². The van der Waals surface area contributed by atoms with E-state index in [2.05, 4.69) is 0 Å². The molecule has 1 aromatic carbocycles. The molecule has 1 heterocycles. The Morgan fingerprint density at radius 2 is 1.86 bits per heavy atom. The predicted octanol–water partition coefficient (Wildman–Crippen LogP) is 3.41. The monoisotopic (exact) mass is 404 g/mol. The number of aliphatic hydroxyl groups excluding tert-OH is 1. The summed E-state index contributed by atoms with van der Waals surface area (Å²) in [5.74, 6) is -0.207. The molecule has 150 valence electrons. The van der Waals surface area contributed by atoms with Gasteiger partial charge in [0.2, 0.25) is 5.91 Å². The molecule has 0 radical (unpaired) electrons. The van der Waals surface area contributed by atoms with Gasteiger partial charge in [-0.15, -0.1) is 0 Å². The number of para-hydroxylation sites is 1. The fourth-order valence-corrected chi connectivity index (χ4v) is 5.22. The molecule has 1 aliphatic heterocycles. The van der Waals surface area contributed by atoms with Crippen molar-refractivity contribution in [2.75, 3.05) is 11.5 Å². The summed E-state index contributed by atoms with van der Waals surface area (Å²) in [5, 5.41) is 8.49.